The van der Waals surface area contributed by atoms with Gasteiger partial charge in [-0.1, -0.05) is 0 Å². The number of pyridine rings is 1. The van der Waals surface area contributed by atoms with Crippen LogP contribution >= 0.6 is 0 Å². The number of unbranched alkanes of at least 4 members (excludes halogenated alkanes) is 1. The van der Waals surface area contributed by atoms with E-state index in [2.05, 4.69) is 30.5 Å². The first kappa shape index (κ1) is 24.1. The van der Waals surface area contributed by atoms with Crippen LogP contribution in [0.1, 0.15) is 25.7 Å². The molecule has 1 aliphatic rings. The number of benzene rings is 1. The molecule has 1 aromatic carbocycles. The first-order chi connectivity index (χ1) is 17.0. The van der Waals surface area contributed by atoms with Crippen LogP contribution < -0.4 is 26.0 Å². The molecule has 0 saturated carbocycles. The fraction of sp³-hybridized carbons (Fsp3) is 0.375. The summed E-state index contributed by atoms with van der Waals surface area (Å²) in [5.74, 6) is 1.14. The molecule has 11 heteroatoms. The quantitative estimate of drug-likeness (QED) is 0.374. The van der Waals surface area contributed by atoms with E-state index in [4.69, 9.17) is 15.2 Å². The maximum Gasteiger partial charge on any atom is 0.224 e. The summed E-state index contributed by atoms with van der Waals surface area (Å²) in [5, 5.41) is 6.87. The number of rotatable bonds is 10. The molecule has 2 amide bonds. The Hall–Kier alpha value is -3.99. The topological polar surface area (TPSA) is 145 Å². The zero-order valence-corrected chi connectivity index (χ0v) is 19.6. The van der Waals surface area contributed by atoms with Gasteiger partial charge in [0.05, 0.1) is 31.5 Å². The van der Waals surface area contributed by atoms with Crippen LogP contribution in [0.25, 0.3) is 10.9 Å². The number of methoxy groups -OCH3 is 1. The van der Waals surface area contributed by atoms with E-state index in [1.165, 1.54) is 13.4 Å². The minimum Gasteiger partial charge on any atom is -0.494 e. The molecule has 3 heterocycles. The normalized spacial score (nSPS) is 13.5. The number of fused-ring (bicyclic) bond motifs is 1. The first-order valence-electron chi connectivity index (χ1n) is 11.5. The molecule has 2 aromatic heterocycles. The highest BCUT2D eigenvalue weighted by Crippen LogP contribution is 2.33. The van der Waals surface area contributed by atoms with Gasteiger partial charge in [0.15, 0.2) is 0 Å². The number of carbonyl (C=O) groups excluding carboxylic acids is 2. The fourth-order valence-electron chi connectivity index (χ4n) is 3.87. The molecule has 0 bridgehead atoms. The number of aromatic nitrogens is 3. The van der Waals surface area contributed by atoms with Gasteiger partial charge >= 0.3 is 0 Å². The van der Waals surface area contributed by atoms with Crippen LogP contribution in [0, 0.1) is 0 Å². The molecular formula is C24H29N7O4. The minimum atomic E-state index is -0.369. The number of nitrogens with two attached hydrogens (primary N) is 1. The number of ether oxygens (including phenoxy) is 2. The van der Waals surface area contributed by atoms with Gasteiger partial charge in [-0.2, -0.15) is 0 Å². The van der Waals surface area contributed by atoms with Crippen molar-refractivity contribution in [2.24, 2.45) is 5.73 Å². The number of amides is 2. The van der Waals surface area contributed by atoms with Gasteiger partial charge < -0.3 is 30.7 Å². The number of hydrogen-bond acceptors (Lipinski definition) is 9. The molecule has 0 aliphatic carbocycles. The standard InChI is InChI=1S/C24H29N7O4/c1-34-20-14-18-17(13-19(20)29-23(33)5-3-2-4-21(25)32)24(28-15-27-18)30-22-12-16(6-7-26-22)31-8-10-35-11-9-31/h6-7,12-15H,2-5,8-11H2,1H3,(H2,25,32)(H,29,33)(H,26,27,28,30). The lowest BCUT2D eigenvalue weighted by Gasteiger charge is -2.29. The second-order valence-electron chi connectivity index (χ2n) is 8.14. The van der Waals surface area contributed by atoms with Crippen molar-refractivity contribution in [2.75, 3.05) is 48.9 Å². The Bertz CT molecular complexity index is 1200. The van der Waals surface area contributed by atoms with Gasteiger partial charge in [0, 0.05) is 55.3 Å². The Balaban J connectivity index is 1.54. The number of nitrogens with zero attached hydrogens (tertiary/aromatic N) is 4. The molecule has 3 aromatic rings. The van der Waals surface area contributed by atoms with Crippen LogP contribution in [0.15, 0.2) is 36.8 Å². The van der Waals surface area contributed by atoms with Crippen molar-refractivity contribution in [1.29, 1.82) is 0 Å². The highest BCUT2D eigenvalue weighted by molar-refractivity contribution is 5.99. The average molecular weight is 480 g/mol. The van der Waals surface area contributed by atoms with E-state index in [0.717, 1.165) is 18.8 Å². The fourth-order valence-corrected chi connectivity index (χ4v) is 3.87. The van der Waals surface area contributed by atoms with Gasteiger partial charge in [0.25, 0.3) is 0 Å². The largest absolute Gasteiger partial charge is 0.494 e. The van der Waals surface area contributed by atoms with Crippen LogP contribution in [0.2, 0.25) is 0 Å². The van der Waals surface area contributed by atoms with Crippen LogP contribution in [-0.2, 0) is 14.3 Å². The first-order valence-corrected chi connectivity index (χ1v) is 11.5. The number of carbonyl (C=O) groups is 2. The molecule has 1 fully saturated rings. The molecule has 1 aliphatic heterocycles. The lowest BCUT2D eigenvalue weighted by molar-refractivity contribution is -0.119. The molecule has 0 atom stereocenters. The van der Waals surface area contributed by atoms with Gasteiger partial charge in [-0.15, -0.1) is 0 Å². The van der Waals surface area contributed by atoms with Crippen LogP contribution in [0.5, 0.6) is 5.75 Å². The summed E-state index contributed by atoms with van der Waals surface area (Å²) in [6.45, 7) is 3.04. The highest BCUT2D eigenvalue weighted by atomic mass is 16.5. The predicted octanol–water partition coefficient (Wildman–Crippen LogP) is 2.60. The van der Waals surface area contributed by atoms with Crippen molar-refractivity contribution in [3.05, 3.63) is 36.8 Å². The highest BCUT2D eigenvalue weighted by Gasteiger charge is 2.15. The van der Waals surface area contributed by atoms with Gasteiger partial charge in [-0.05, 0) is 25.0 Å². The summed E-state index contributed by atoms with van der Waals surface area (Å²) in [7, 11) is 1.53. The maximum atomic E-state index is 12.5. The van der Waals surface area contributed by atoms with E-state index in [1.54, 1.807) is 18.3 Å². The molecule has 0 radical (unpaired) electrons. The lowest BCUT2D eigenvalue weighted by atomic mass is 10.1. The third kappa shape index (κ3) is 6.33. The second-order valence-corrected chi connectivity index (χ2v) is 8.14. The summed E-state index contributed by atoms with van der Waals surface area (Å²) in [5.41, 5.74) is 7.37. The van der Waals surface area contributed by atoms with Crippen molar-refractivity contribution >= 4 is 45.7 Å². The van der Waals surface area contributed by atoms with E-state index in [9.17, 15) is 9.59 Å². The summed E-state index contributed by atoms with van der Waals surface area (Å²) in [6, 6.07) is 7.47. The zero-order valence-electron chi connectivity index (χ0n) is 19.6. The van der Waals surface area contributed by atoms with E-state index >= 15 is 0 Å². The third-order valence-corrected chi connectivity index (χ3v) is 5.67. The Kier molecular flexibility index (Phi) is 7.88. The summed E-state index contributed by atoms with van der Waals surface area (Å²) >= 11 is 0. The smallest absolute Gasteiger partial charge is 0.224 e. The minimum absolute atomic E-state index is 0.182. The predicted molar refractivity (Wildman–Crippen MR) is 133 cm³/mol. The molecule has 184 valence electrons. The number of morpholine rings is 1. The van der Waals surface area contributed by atoms with Crippen molar-refractivity contribution in [3.63, 3.8) is 0 Å². The Labute approximate surface area is 203 Å². The molecule has 4 rings (SSSR count). The van der Waals surface area contributed by atoms with Crippen LogP contribution in [-0.4, -0.2) is 60.2 Å². The van der Waals surface area contributed by atoms with Gasteiger partial charge in [0.2, 0.25) is 11.8 Å². The van der Waals surface area contributed by atoms with Gasteiger partial charge in [0.1, 0.15) is 23.7 Å². The van der Waals surface area contributed by atoms with Gasteiger partial charge in [-0.25, -0.2) is 15.0 Å². The van der Waals surface area contributed by atoms with Crippen molar-refractivity contribution in [3.8, 4) is 5.75 Å². The van der Waals surface area contributed by atoms with E-state index in [1.807, 2.05) is 12.1 Å². The number of primary amides is 1. The molecule has 0 spiro atoms. The number of nitrogens with one attached hydrogen (secondary N) is 2. The van der Waals surface area contributed by atoms with Crippen molar-refractivity contribution in [1.82, 2.24) is 15.0 Å². The summed E-state index contributed by atoms with van der Waals surface area (Å²) < 4.78 is 10.9. The van der Waals surface area contributed by atoms with E-state index in [-0.39, 0.29) is 24.7 Å². The van der Waals surface area contributed by atoms with Gasteiger partial charge in [-0.3, -0.25) is 9.59 Å². The molecule has 35 heavy (non-hydrogen) atoms. The summed E-state index contributed by atoms with van der Waals surface area (Å²) in [6.07, 6.45) is 4.88. The Morgan fingerprint density at radius 3 is 2.69 bits per heavy atom. The van der Waals surface area contributed by atoms with E-state index in [0.29, 0.717) is 60.0 Å². The number of hydrogen-bond donors (Lipinski definition) is 3. The lowest BCUT2D eigenvalue weighted by Crippen LogP contribution is -2.36. The Morgan fingerprint density at radius 1 is 1.11 bits per heavy atom. The Morgan fingerprint density at radius 2 is 1.91 bits per heavy atom. The monoisotopic (exact) mass is 479 g/mol. The zero-order chi connectivity index (χ0) is 24.6. The molecule has 11 nitrogen and oxygen atoms in total. The molecule has 1 saturated heterocycles. The second kappa shape index (κ2) is 11.4. The molecular weight excluding hydrogens is 450 g/mol. The van der Waals surface area contributed by atoms with Crippen LogP contribution in [0.4, 0.5) is 23.0 Å². The average Bonchev–Trinajstić information content (AvgIpc) is 2.87. The van der Waals surface area contributed by atoms with Crippen molar-refractivity contribution in [2.45, 2.75) is 25.7 Å². The summed E-state index contributed by atoms with van der Waals surface area (Å²) in [4.78, 5) is 38.8. The van der Waals surface area contributed by atoms with Crippen LogP contribution in [0.3, 0.4) is 0 Å². The maximum absolute atomic E-state index is 12.5. The molecule has 4 N–H and O–H groups in total. The number of anilines is 4. The van der Waals surface area contributed by atoms with Crippen molar-refractivity contribution < 1.29 is 19.1 Å². The van der Waals surface area contributed by atoms with E-state index < -0.39 is 0 Å². The third-order valence-electron chi connectivity index (χ3n) is 5.67. The SMILES string of the molecule is COc1cc2ncnc(Nc3cc(N4CCOCC4)ccn3)c2cc1NC(=O)CCCCC(N)=O. The molecule has 0 unspecified atom stereocenters.